The number of hydrogen-bond donors (Lipinski definition) is 1. The first-order chi connectivity index (χ1) is 9.61. The first-order valence-electron chi connectivity index (χ1n) is 7.80. The highest BCUT2D eigenvalue weighted by atomic mass is 15.1. The number of aryl methyl sites for hydroxylation is 1. The fraction of sp³-hybridized carbons (Fsp3) is 0.588. The lowest BCUT2D eigenvalue weighted by Crippen LogP contribution is -2.45. The largest absolute Gasteiger partial charge is 0.331 e. The minimum absolute atomic E-state index is 0.0548. The second-order valence-electron chi connectivity index (χ2n) is 6.47. The van der Waals surface area contributed by atoms with Crippen LogP contribution in [0.5, 0.6) is 0 Å². The van der Waals surface area contributed by atoms with E-state index in [-0.39, 0.29) is 5.54 Å². The van der Waals surface area contributed by atoms with E-state index >= 15 is 0 Å². The quantitative estimate of drug-likeness (QED) is 0.929. The molecule has 1 aromatic heterocycles. The lowest BCUT2D eigenvalue weighted by molar-refractivity contribution is 0.225. The minimum Gasteiger partial charge on any atom is -0.331 e. The Bertz CT molecular complexity index is 591. The zero-order chi connectivity index (χ0) is 14.2. The number of imidazole rings is 1. The van der Waals surface area contributed by atoms with Crippen molar-refractivity contribution in [2.24, 2.45) is 18.7 Å². The van der Waals surface area contributed by atoms with E-state index in [9.17, 15) is 0 Å². The summed E-state index contributed by atoms with van der Waals surface area (Å²) in [4.78, 5) is 4.77. The van der Waals surface area contributed by atoms with Crippen molar-refractivity contribution in [1.29, 1.82) is 0 Å². The topological polar surface area (TPSA) is 43.8 Å². The normalized spacial score (nSPS) is 27.1. The molecule has 0 bridgehead atoms. The summed E-state index contributed by atoms with van der Waals surface area (Å²) < 4.78 is 2.20. The Balaban J connectivity index is 1.81. The van der Waals surface area contributed by atoms with Crippen LogP contribution in [0, 0.1) is 5.92 Å². The fourth-order valence-corrected chi connectivity index (χ4v) is 3.51. The van der Waals surface area contributed by atoms with Crippen LogP contribution >= 0.6 is 0 Å². The van der Waals surface area contributed by atoms with Gasteiger partial charge >= 0.3 is 0 Å². The predicted octanol–water partition coefficient (Wildman–Crippen LogP) is 3.41. The summed E-state index contributed by atoms with van der Waals surface area (Å²) in [7, 11) is 2.10. The zero-order valence-electron chi connectivity index (χ0n) is 12.6. The summed E-state index contributed by atoms with van der Waals surface area (Å²) in [6, 6.07) is 8.32. The fourth-order valence-electron chi connectivity index (χ4n) is 3.51. The van der Waals surface area contributed by atoms with Gasteiger partial charge in [0, 0.05) is 19.0 Å². The molecular formula is C17H25N3. The zero-order valence-corrected chi connectivity index (χ0v) is 12.6. The second kappa shape index (κ2) is 5.21. The molecule has 1 aromatic carbocycles. The number of fused-ring (bicyclic) bond motifs is 1. The average molecular weight is 271 g/mol. The summed E-state index contributed by atoms with van der Waals surface area (Å²) >= 11 is 0. The molecule has 0 aliphatic heterocycles. The van der Waals surface area contributed by atoms with Gasteiger partial charge in [-0.05, 0) is 43.7 Å². The molecule has 1 aliphatic carbocycles. The van der Waals surface area contributed by atoms with Crippen molar-refractivity contribution in [2.75, 3.05) is 0 Å². The SMILES string of the molecule is CCC1CCC(N)(Cc2nc3ccccc3n2C)CC1. The molecule has 1 aliphatic rings. The van der Waals surface area contributed by atoms with Crippen molar-refractivity contribution in [3.8, 4) is 0 Å². The lowest BCUT2D eigenvalue weighted by atomic mass is 9.74. The van der Waals surface area contributed by atoms with Gasteiger partial charge in [-0.3, -0.25) is 0 Å². The summed E-state index contributed by atoms with van der Waals surface area (Å²) in [6.07, 6.45) is 7.01. The van der Waals surface area contributed by atoms with Crippen molar-refractivity contribution >= 4 is 11.0 Å². The maximum Gasteiger partial charge on any atom is 0.111 e. The Morgan fingerprint density at radius 2 is 2.00 bits per heavy atom. The standard InChI is InChI=1S/C17H25N3/c1-3-13-8-10-17(18,11-9-13)12-16-19-14-6-4-5-7-15(14)20(16)2/h4-7,13H,3,8-12,18H2,1-2H3. The van der Waals surface area contributed by atoms with Crippen molar-refractivity contribution in [3.05, 3.63) is 30.1 Å². The van der Waals surface area contributed by atoms with Crippen molar-refractivity contribution in [3.63, 3.8) is 0 Å². The molecule has 1 fully saturated rings. The van der Waals surface area contributed by atoms with Crippen molar-refractivity contribution in [2.45, 2.75) is 51.0 Å². The highest BCUT2D eigenvalue weighted by molar-refractivity contribution is 5.75. The van der Waals surface area contributed by atoms with Crippen LogP contribution in [-0.2, 0) is 13.5 Å². The molecule has 2 aromatic rings. The van der Waals surface area contributed by atoms with Gasteiger partial charge < -0.3 is 10.3 Å². The van der Waals surface area contributed by atoms with Crippen LogP contribution in [0.1, 0.15) is 44.9 Å². The highest BCUT2D eigenvalue weighted by Crippen LogP contribution is 2.34. The number of benzene rings is 1. The molecule has 108 valence electrons. The Kier molecular flexibility index (Phi) is 3.55. The van der Waals surface area contributed by atoms with Crippen LogP contribution in [0.25, 0.3) is 11.0 Å². The van der Waals surface area contributed by atoms with Crippen molar-refractivity contribution < 1.29 is 0 Å². The lowest BCUT2D eigenvalue weighted by Gasteiger charge is -2.36. The van der Waals surface area contributed by atoms with E-state index in [1.807, 2.05) is 6.07 Å². The van der Waals surface area contributed by atoms with E-state index in [0.717, 1.165) is 36.5 Å². The molecule has 1 saturated carbocycles. The van der Waals surface area contributed by atoms with E-state index in [1.54, 1.807) is 0 Å². The van der Waals surface area contributed by atoms with Crippen LogP contribution in [-0.4, -0.2) is 15.1 Å². The number of nitrogens with two attached hydrogens (primary N) is 1. The molecule has 3 rings (SSSR count). The molecule has 20 heavy (non-hydrogen) atoms. The van der Waals surface area contributed by atoms with Crippen LogP contribution in [0.2, 0.25) is 0 Å². The van der Waals surface area contributed by atoms with Gasteiger partial charge in [-0.1, -0.05) is 25.5 Å². The Morgan fingerprint density at radius 3 is 2.65 bits per heavy atom. The van der Waals surface area contributed by atoms with Gasteiger partial charge in [0.1, 0.15) is 5.82 Å². The first-order valence-corrected chi connectivity index (χ1v) is 7.80. The maximum atomic E-state index is 6.65. The smallest absolute Gasteiger partial charge is 0.111 e. The van der Waals surface area contributed by atoms with Gasteiger partial charge in [-0.2, -0.15) is 0 Å². The first kappa shape index (κ1) is 13.6. The molecule has 0 saturated heterocycles. The highest BCUT2D eigenvalue weighted by Gasteiger charge is 2.32. The molecule has 3 heteroatoms. The monoisotopic (exact) mass is 271 g/mol. The van der Waals surface area contributed by atoms with E-state index in [4.69, 9.17) is 10.7 Å². The van der Waals surface area contributed by atoms with Crippen LogP contribution in [0.4, 0.5) is 0 Å². The molecule has 3 nitrogen and oxygen atoms in total. The van der Waals surface area contributed by atoms with E-state index < -0.39 is 0 Å². The van der Waals surface area contributed by atoms with Crippen molar-refractivity contribution in [1.82, 2.24) is 9.55 Å². The third kappa shape index (κ3) is 2.47. The number of aromatic nitrogens is 2. The molecule has 0 radical (unpaired) electrons. The Hall–Kier alpha value is -1.35. The third-order valence-corrected chi connectivity index (χ3v) is 5.07. The van der Waals surface area contributed by atoms with E-state index in [2.05, 4.69) is 36.7 Å². The van der Waals surface area contributed by atoms with Gasteiger partial charge in [0.25, 0.3) is 0 Å². The molecule has 1 heterocycles. The van der Waals surface area contributed by atoms with E-state index in [0.29, 0.717) is 0 Å². The molecule has 2 N–H and O–H groups in total. The third-order valence-electron chi connectivity index (χ3n) is 5.07. The number of nitrogens with zero attached hydrogens (tertiary/aromatic N) is 2. The van der Waals surface area contributed by atoms with E-state index in [1.165, 1.54) is 24.8 Å². The summed E-state index contributed by atoms with van der Waals surface area (Å²) in [6.45, 7) is 2.29. The van der Waals surface area contributed by atoms with Gasteiger partial charge in [-0.25, -0.2) is 4.98 Å². The van der Waals surface area contributed by atoms with Crippen LogP contribution in [0.3, 0.4) is 0 Å². The molecule has 0 amide bonds. The van der Waals surface area contributed by atoms with Gasteiger partial charge in [-0.15, -0.1) is 0 Å². The van der Waals surface area contributed by atoms with Crippen LogP contribution < -0.4 is 5.73 Å². The van der Waals surface area contributed by atoms with Crippen LogP contribution in [0.15, 0.2) is 24.3 Å². The summed E-state index contributed by atoms with van der Waals surface area (Å²) in [5, 5.41) is 0. The second-order valence-corrected chi connectivity index (χ2v) is 6.47. The van der Waals surface area contributed by atoms with Gasteiger partial charge in [0.05, 0.1) is 11.0 Å². The Labute approximate surface area is 121 Å². The Morgan fingerprint density at radius 1 is 1.30 bits per heavy atom. The number of rotatable bonds is 3. The summed E-state index contributed by atoms with van der Waals surface area (Å²) in [5.41, 5.74) is 8.87. The minimum atomic E-state index is -0.0548. The summed E-state index contributed by atoms with van der Waals surface area (Å²) in [5.74, 6) is 2.01. The number of hydrogen-bond acceptors (Lipinski definition) is 2. The van der Waals surface area contributed by atoms with Gasteiger partial charge in [0.15, 0.2) is 0 Å². The molecular weight excluding hydrogens is 246 g/mol. The number of para-hydroxylation sites is 2. The molecule has 0 spiro atoms. The van der Waals surface area contributed by atoms with Gasteiger partial charge in [0.2, 0.25) is 0 Å². The maximum absolute atomic E-state index is 6.65. The molecule has 0 unspecified atom stereocenters. The molecule has 0 atom stereocenters. The average Bonchev–Trinajstić information content (AvgIpc) is 2.76. The predicted molar refractivity (Wildman–Crippen MR) is 83.6 cm³/mol.